The number of ether oxygens (including phenoxy) is 3. The zero-order valence-electron chi connectivity index (χ0n) is 16.7. The summed E-state index contributed by atoms with van der Waals surface area (Å²) in [6, 6.07) is 11.8. The average molecular weight is 422 g/mol. The number of methoxy groups -OCH3 is 1. The van der Waals surface area contributed by atoms with E-state index in [0.717, 1.165) is 4.90 Å². The quantitative estimate of drug-likeness (QED) is 0.624. The van der Waals surface area contributed by atoms with Crippen molar-refractivity contribution in [3.05, 3.63) is 53.9 Å². The van der Waals surface area contributed by atoms with Gasteiger partial charge in [0.1, 0.15) is 17.8 Å². The Hall–Kier alpha value is -4.08. The second-order valence-corrected chi connectivity index (χ2v) is 7.23. The first-order valence-corrected chi connectivity index (χ1v) is 9.50. The maximum Gasteiger partial charge on any atom is 0.325 e. The van der Waals surface area contributed by atoms with Crippen LogP contribution in [0.3, 0.4) is 0 Å². The van der Waals surface area contributed by atoms with Crippen LogP contribution in [0.25, 0.3) is 11.4 Å². The predicted octanol–water partition coefficient (Wildman–Crippen LogP) is 2.44. The second kappa shape index (κ2) is 7.01. The largest absolute Gasteiger partial charge is 0.496 e. The van der Waals surface area contributed by atoms with Crippen molar-refractivity contribution in [2.45, 2.75) is 19.0 Å². The number of benzene rings is 2. The summed E-state index contributed by atoms with van der Waals surface area (Å²) in [5.74, 6) is 1.69. The van der Waals surface area contributed by atoms with Gasteiger partial charge in [-0.25, -0.2) is 4.79 Å². The van der Waals surface area contributed by atoms with Crippen molar-refractivity contribution in [1.82, 2.24) is 20.4 Å². The number of nitrogens with zero attached hydrogens (tertiary/aromatic N) is 3. The highest BCUT2D eigenvalue weighted by molar-refractivity contribution is 6.07. The summed E-state index contributed by atoms with van der Waals surface area (Å²) < 4.78 is 21.3. The van der Waals surface area contributed by atoms with E-state index in [4.69, 9.17) is 18.7 Å². The predicted molar refractivity (Wildman–Crippen MR) is 105 cm³/mol. The lowest BCUT2D eigenvalue weighted by atomic mass is 9.91. The summed E-state index contributed by atoms with van der Waals surface area (Å²) in [4.78, 5) is 31.2. The number of nitrogens with one attached hydrogen (secondary N) is 1. The molecule has 0 bridgehead atoms. The van der Waals surface area contributed by atoms with Crippen LogP contribution in [0.4, 0.5) is 4.79 Å². The van der Waals surface area contributed by atoms with Gasteiger partial charge in [0.15, 0.2) is 11.5 Å². The maximum atomic E-state index is 13.2. The van der Waals surface area contributed by atoms with Crippen LogP contribution in [-0.4, -0.2) is 40.9 Å². The molecule has 0 unspecified atom stereocenters. The number of urea groups is 1. The molecule has 158 valence electrons. The van der Waals surface area contributed by atoms with Crippen LogP contribution in [0, 0.1) is 0 Å². The molecule has 10 heteroatoms. The molecule has 2 aliphatic heterocycles. The minimum Gasteiger partial charge on any atom is -0.496 e. The van der Waals surface area contributed by atoms with Crippen LogP contribution >= 0.6 is 0 Å². The number of amides is 3. The third-order valence-electron chi connectivity index (χ3n) is 5.33. The van der Waals surface area contributed by atoms with Crippen LogP contribution in [0.1, 0.15) is 18.4 Å². The van der Waals surface area contributed by atoms with E-state index in [1.165, 1.54) is 0 Å². The van der Waals surface area contributed by atoms with Gasteiger partial charge in [-0.2, -0.15) is 4.98 Å². The van der Waals surface area contributed by atoms with Gasteiger partial charge in [0.2, 0.25) is 18.5 Å². The molecule has 1 atom stereocenters. The van der Waals surface area contributed by atoms with Gasteiger partial charge >= 0.3 is 6.03 Å². The van der Waals surface area contributed by atoms with Crippen LogP contribution in [0.15, 0.2) is 47.0 Å². The van der Waals surface area contributed by atoms with E-state index in [2.05, 4.69) is 15.5 Å². The number of para-hydroxylation sites is 1. The van der Waals surface area contributed by atoms with Gasteiger partial charge < -0.3 is 24.1 Å². The number of hydrogen-bond donors (Lipinski definition) is 1. The van der Waals surface area contributed by atoms with Crippen molar-refractivity contribution in [2.24, 2.45) is 0 Å². The summed E-state index contributed by atoms with van der Waals surface area (Å²) in [5, 5.41) is 6.70. The van der Waals surface area contributed by atoms with Gasteiger partial charge in [-0.1, -0.05) is 23.4 Å². The zero-order valence-corrected chi connectivity index (χ0v) is 16.7. The molecule has 10 nitrogen and oxygen atoms in total. The Bertz CT molecular complexity index is 1190. The number of aromatic nitrogens is 2. The minimum atomic E-state index is -1.26. The van der Waals surface area contributed by atoms with Gasteiger partial charge in [0.25, 0.3) is 5.91 Å². The summed E-state index contributed by atoms with van der Waals surface area (Å²) >= 11 is 0. The monoisotopic (exact) mass is 422 g/mol. The summed E-state index contributed by atoms with van der Waals surface area (Å²) in [7, 11) is 1.55. The fourth-order valence-corrected chi connectivity index (χ4v) is 3.64. The molecule has 3 aromatic rings. The molecule has 1 fully saturated rings. The summed E-state index contributed by atoms with van der Waals surface area (Å²) in [6.45, 7) is 1.60. The van der Waals surface area contributed by atoms with Crippen molar-refractivity contribution in [1.29, 1.82) is 0 Å². The van der Waals surface area contributed by atoms with Crippen molar-refractivity contribution in [3.8, 4) is 28.6 Å². The Balaban J connectivity index is 1.39. The lowest BCUT2D eigenvalue weighted by molar-refractivity contribution is -0.131. The van der Waals surface area contributed by atoms with Gasteiger partial charge in [0.05, 0.1) is 12.7 Å². The maximum absolute atomic E-state index is 13.2. The van der Waals surface area contributed by atoms with Crippen molar-refractivity contribution >= 4 is 11.9 Å². The molecule has 2 aromatic carbocycles. The molecule has 1 aromatic heterocycles. The van der Waals surface area contributed by atoms with Gasteiger partial charge in [-0.3, -0.25) is 9.69 Å². The van der Waals surface area contributed by atoms with Crippen molar-refractivity contribution in [3.63, 3.8) is 0 Å². The van der Waals surface area contributed by atoms with E-state index >= 15 is 0 Å². The highest BCUT2D eigenvalue weighted by Crippen LogP contribution is 2.38. The van der Waals surface area contributed by atoms with E-state index < -0.39 is 17.5 Å². The molecule has 0 spiro atoms. The zero-order chi connectivity index (χ0) is 21.6. The highest BCUT2D eigenvalue weighted by atomic mass is 16.7. The Morgan fingerprint density at radius 1 is 1.16 bits per heavy atom. The molecule has 5 rings (SSSR count). The third kappa shape index (κ3) is 3.03. The van der Waals surface area contributed by atoms with Gasteiger partial charge in [0, 0.05) is 0 Å². The molecule has 3 heterocycles. The Labute approximate surface area is 176 Å². The number of carbonyl (C=O) groups is 2. The lowest BCUT2D eigenvalue weighted by Gasteiger charge is -2.22. The second-order valence-electron chi connectivity index (χ2n) is 7.23. The molecule has 31 heavy (non-hydrogen) atoms. The number of rotatable bonds is 5. The summed E-state index contributed by atoms with van der Waals surface area (Å²) in [5.41, 5.74) is -0.0379. The SMILES string of the molecule is COc1ccccc1-c1noc(CN2C(=O)N[C@](C)(c3ccc4c(c3)OCO4)C2=O)n1. The molecular weight excluding hydrogens is 404 g/mol. The third-order valence-corrected chi connectivity index (χ3v) is 5.33. The Morgan fingerprint density at radius 2 is 1.97 bits per heavy atom. The first kappa shape index (κ1) is 18.9. The fraction of sp³-hybridized carbons (Fsp3) is 0.238. The molecule has 1 saturated heterocycles. The molecule has 0 aliphatic carbocycles. The van der Waals surface area contributed by atoms with Gasteiger partial charge in [-0.05, 0) is 36.8 Å². The average Bonchev–Trinajstić information content (AvgIpc) is 3.49. The topological polar surface area (TPSA) is 116 Å². The van der Waals surface area contributed by atoms with E-state index in [-0.39, 0.29) is 19.2 Å². The first-order chi connectivity index (χ1) is 15.0. The molecule has 0 radical (unpaired) electrons. The summed E-state index contributed by atoms with van der Waals surface area (Å²) in [6.07, 6.45) is 0. The van der Waals surface area contributed by atoms with Crippen molar-refractivity contribution < 1.29 is 28.3 Å². The van der Waals surface area contributed by atoms with E-state index in [1.54, 1.807) is 44.4 Å². The lowest BCUT2D eigenvalue weighted by Crippen LogP contribution is -2.40. The van der Waals surface area contributed by atoms with Crippen LogP contribution in [0.2, 0.25) is 0 Å². The number of hydrogen-bond acceptors (Lipinski definition) is 8. The van der Waals surface area contributed by atoms with Crippen LogP contribution in [0.5, 0.6) is 17.2 Å². The smallest absolute Gasteiger partial charge is 0.325 e. The van der Waals surface area contributed by atoms with E-state index in [0.29, 0.717) is 34.2 Å². The molecule has 2 aliphatic rings. The van der Waals surface area contributed by atoms with Crippen LogP contribution < -0.4 is 19.5 Å². The van der Waals surface area contributed by atoms with E-state index in [1.807, 2.05) is 12.1 Å². The van der Waals surface area contributed by atoms with E-state index in [9.17, 15) is 9.59 Å². The molecular formula is C21H18N4O6. The first-order valence-electron chi connectivity index (χ1n) is 9.50. The standard InChI is InChI=1S/C21H18N4O6/c1-21(12-7-8-15-16(9-12)30-11-29-15)19(26)25(20(27)23-21)10-17-22-18(24-31-17)13-5-3-4-6-14(13)28-2/h3-9H,10-11H2,1-2H3,(H,23,27)/t21-/m1/s1. The fourth-order valence-electron chi connectivity index (χ4n) is 3.64. The Kier molecular flexibility index (Phi) is 4.28. The van der Waals surface area contributed by atoms with Gasteiger partial charge in [-0.15, -0.1) is 0 Å². The molecule has 1 N–H and O–H groups in total. The normalized spacial score (nSPS) is 19.6. The molecule has 0 saturated carbocycles. The number of carbonyl (C=O) groups excluding carboxylic acids is 2. The number of imide groups is 1. The van der Waals surface area contributed by atoms with Crippen molar-refractivity contribution in [2.75, 3.05) is 13.9 Å². The Morgan fingerprint density at radius 3 is 2.81 bits per heavy atom. The number of fused-ring (bicyclic) bond motifs is 1. The van der Waals surface area contributed by atoms with Crippen LogP contribution in [-0.2, 0) is 16.9 Å². The highest BCUT2D eigenvalue weighted by Gasteiger charge is 2.49. The molecule has 3 amide bonds. The minimum absolute atomic E-state index is 0.119.